The first-order valence-corrected chi connectivity index (χ1v) is 15.1. The smallest absolute Gasteiger partial charge is 0.407 e. The van der Waals surface area contributed by atoms with Crippen molar-refractivity contribution in [2.75, 3.05) is 46.6 Å². The van der Waals surface area contributed by atoms with E-state index in [0.29, 0.717) is 51.7 Å². The number of carboxylic acid groups (broad SMARTS) is 1. The predicted octanol–water partition coefficient (Wildman–Crippen LogP) is 3.96. The molecule has 1 N–H and O–H groups in total. The molecule has 1 aromatic heterocycles. The Bertz CT molecular complexity index is 1250. The minimum Gasteiger partial charge on any atom is -0.465 e. The van der Waals surface area contributed by atoms with Crippen molar-refractivity contribution in [3.8, 4) is 0 Å². The second-order valence-electron chi connectivity index (χ2n) is 12.8. The monoisotopic (exact) mass is 585 g/mol. The Kier molecular flexibility index (Phi) is 10.1. The third-order valence-corrected chi connectivity index (χ3v) is 8.42. The largest absolute Gasteiger partial charge is 0.465 e. The van der Waals surface area contributed by atoms with Crippen molar-refractivity contribution in [2.45, 2.75) is 78.6 Å². The topological polar surface area (TPSA) is 117 Å². The number of ether oxygens (including phenoxy) is 2. The van der Waals surface area contributed by atoms with Gasteiger partial charge in [-0.25, -0.2) is 9.78 Å². The van der Waals surface area contributed by atoms with Crippen LogP contribution in [-0.2, 0) is 20.8 Å². The number of rotatable bonds is 9. The molecule has 232 valence electrons. The molecule has 0 saturated carbocycles. The molecule has 3 heterocycles. The normalized spacial score (nSPS) is 21.6. The van der Waals surface area contributed by atoms with Gasteiger partial charge in [0.2, 0.25) is 5.91 Å². The molecule has 1 unspecified atom stereocenters. The number of para-hydroxylation sites is 2. The van der Waals surface area contributed by atoms with Crippen LogP contribution >= 0.6 is 0 Å². The summed E-state index contributed by atoms with van der Waals surface area (Å²) >= 11 is 0. The zero-order valence-corrected chi connectivity index (χ0v) is 25.9. The molecule has 42 heavy (non-hydrogen) atoms. The first-order valence-electron chi connectivity index (χ1n) is 15.1. The van der Waals surface area contributed by atoms with Gasteiger partial charge in [0, 0.05) is 45.9 Å². The summed E-state index contributed by atoms with van der Waals surface area (Å²) in [6, 6.07) is 6.40. The van der Waals surface area contributed by atoms with Crippen LogP contribution in [0.3, 0.4) is 0 Å². The summed E-state index contributed by atoms with van der Waals surface area (Å²) in [7, 11) is 1.68. The van der Waals surface area contributed by atoms with E-state index in [-0.39, 0.29) is 24.4 Å². The summed E-state index contributed by atoms with van der Waals surface area (Å²) in [6.45, 7) is 13.1. The van der Waals surface area contributed by atoms with Gasteiger partial charge in [-0.05, 0) is 50.7 Å². The Balaban J connectivity index is 1.76. The lowest BCUT2D eigenvalue weighted by molar-refractivity contribution is -0.144. The zero-order valence-electron chi connectivity index (χ0n) is 25.9. The maximum atomic E-state index is 14.6. The third kappa shape index (κ3) is 6.72. The maximum Gasteiger partial charge on any atom is 0.407 e. The highest BCUT2D eigenvalue weighted by molar-refractivity contribution is 5.95. The number of aromatic nitrogens is 2. The molecule has 11 heteroatoms. The molecule has 2 aromatic rings. The summed E-state index contributed by atoms with van der Waals surface area (Å²) < 4.78 is 12.6. The van der Waals surface area contributed by atoms with Crippen molar-refractivity contribution in [3.05, 3.63) is 30.1 Å². The molecule has 2 aliphatic heterocycles. The summed E-state index contributed by atoms with van der Waals surface area (Å²) in [5.74, 6) is -0.566. The number of carbonyl (C=O) groups is 3. The third-order valence-electron chi connectivity index (χ3n) is 8.42. The number of likely N-dealkylation sites (tertiary alicyclic amines) is 1. The van der Waals surface area contributed by atoms with Crippen LogP contribution in [0.2, 0.25) is 0 Å². The molecule has 2 aliphatic rings. The predicted molar refractivity (Wildman–Crippen MR) is 159 cm³/mol. The Morgan fingerprint density at radius 3 is 2.45 bits per heavy atom. The molecule has 3 atom stereocenters. The van der Waals surface area contributed by atoms with Crippen LogP contribution in [0, 0.1) is 11.3 Å². The number of imidazole rings is 1. The van der Waals surface area contributed by atoms with Gasteiger partial charge in [0.1, 0.15) is 0 Å². The SMILES string of the molecule is COCCCCn1c(C(=O)N(C(C)C)[C@H]2C[C@@H](C(=O)N3CCOCC3)CN(C(=O)O)C2C(C)(C)C)nc2ccccc21. The number of morpholine rings is 1. The van der Waals surface area contributed by atoms with Gasteiger partial charge < -0.3 is 33.8 Å². The van der Waals surface area contributed by atoms with Gasteiger partial charge in [0.05, 0.1) is 42.2 Å². The summed E-state index contributed by atoms with van der Waals surface area (Å²) in [4.78, 5) is 50.8. The van der Waals surface area contributed by atoms with E-state index in [2.05, 4.69) is 0 Å². The fraction of sp³-hybridized carbons (Fsp3) is 0.677. The van der Waals surface area contributed by atoms with Crippen LogP contribution in [0.25, 0.3) is 11.0 Å². The van der Waals surface area contributed by atoms with E-state index in [1.807, 2.05) is 63.5 Å². The lowest BCUT2D eigenvalue weighted by Gasteiger charge is -2.53. The molecule has 1 aromatic carbocycles. The lowest BCUT2D eigenvalue weighted by Crippen LogP contribution is -2.67. The maximum absolute atomic E-state index is 14.6. The quantitative estimate of drug-likeness (QED) is 0.443. The second kappa shape index (κ2) is 13.4. The molecule has 0 bridgehead atoms. The number of piperidine rings is 1. The molecule has 2 fully saturated rings. The van der Waals surface area contributed by atoms with Gasteiger partial charge >= 0.3 is 6.09 Å². The average Bonchev–Trinajstić information content (AvgIpc) is 3.32. The number of amides is 3. The standard InChI is InChI=1S/C31H47N5O6/c1-21(2)36(29(38)27-32-23-11-7-8-12-24(23)34(27)13-9-10-16-41-6)25-19-22(28(37)33-14-17-42-18-15-33)20-35(30(39)40)26(25)31(3,4)5/h7-8,11-12,21-22,25-26H,9-10,13-20H2,1-6H3,(H,39,40)/t22-,25+,26?/m1/s1. The molecular formula is C31H47N5O6. The number of nitrogens with zero attached hydrogens (tertiary/aromatic N) is 5. The van der Waals surface area contributed by atoms with Crippen LogP contribution in [0.1, 0.15) is 64.5 Å². The first kappa shape index (κ1) is 31.7. The number of unbranched alkanes of at least 4 members (excludes halogenated alkanes) is 1. The van der Waals surface area contributed by atoms with Crippen LogP contribution < -0.4 is 0 Å². The fourth-order valence-electron chi connectivity index (χ4n) is 6.65. The van der Waals surface area contributed by atoms with Gasteiger partial charge in [0.25, 0.3) is 5.91 Å². The molecule has 4 rings (SSSR count). The Morgan fingerprint density at radius 1 is 1.14 bits per heavy atom. The molecule has 0 aliphatic carbocycles. The van der Waals surface area contributed by atoms with E-state index in [4.69, 9.17) is 14.5 Å². The first-order chi connectivity index (χ1) is 20.0. The van der Waals surface area contributed by atoms with Gasteiger partial charge in [-0.3, -0.25) is 9.59 Å². The molecular weight excluding hydrogens is 538 g/mol. The number of carbonyl (C=O) groups excluding carboxylic acids is 2. The number of methoxy groups -OCH3 is 1. The van der Waals surface area contributed by atoms with Gasteiger partial charge in [0.15, 0.2) is 5.82 Å². The van der Waals surface area contributed by atoms with Gasteiger partial charge in [-0.2, -0.15) is 0 Å². The van der Waals surface area contributed by atoms with E-state index in [9.17, 15) is 19.5 Å². The number of hydrogen-bond donors (Lipinski definition) is 1. The van der Waals surface area contributed by atoms with Gasteiger partial charge in [-0.15, -0.1) is 0 Å². The molecule has 3 amide bonds. The van der Waals surface area contributed by atoms with Gasteiger partial charge in [-0.1, -0.05) is 32.9 Å². The van der Waals surface area contributed by atoms with E-state index in [0.717, 1.165) is 23.9 Å². The van der Waals surface area contributed by atoms with Crippen molar-refractivity contribution in [3.63, 3.8) is 0 Å². The summed E-state index contributed by atoms with van der Waals surface area (Å²) in [5, 5.41) is 10.4. The van der Waals surface area contributed by atoms with E-state index < -0.39 is 29.5 Å². The van der Waals surface area contributed by atoms with E-state index in [1.54, 1.807) is 16.9 Å². The highest BCUT2D eigenvalue weighted by Gasteiger charge is 2.51. The van der Waals surface area contributed by atoms with Crippen molar-refractivity contribution in [1.29, 1.82) is 0 Å². The summed E-state index contributed by atoms with van der Waals surface area (Å²) in [5.41, 5.74) is 1.12. The Morgan fingerprint density at radius 2 is 1.83 bits per heavy atom. The van der Waals surface area contributed by atoms with Crippen LogP contribution in [-0.4, -0.2) is 112 Å². The van der Waals surface area contributed by atoms with E-state index >= 15 is 0 Å². The highest BCUT2D eigenvalue weighted by atomic mass is 16.5. The number of benzene rings is 1. The summed E-state index contributed by atoms with van der Waals surface area (Å²) in [6.07, 6.45) is 0.950. The number of hydrogen-bond acceptors (Lipinski definition) is 6. The lowest BCUT2D eigenvalue weighted by atomic mass is 9.74. The molecule has 11 nitrogen and oxygen atoms in total. The van der Waals surface area contributed by atoms with Crippen molar-refractivity contribution >= 4 is 28.9 Å². The molecule has 0 radical (unpaired) electrons. The van der Waals surface area contributed by atoms with Crippen molar-refractivity contribution in [2.24, 2.45) is 11.3 Å². The second-order valence-corrected chi connectivity index (χ2v) is 12.8. The minimum atomic E-state index is -1.08. The Labute approximate surface area is 248 Å². The fourth-order valence-corrected chi connectivity index (χ4v) is 6.65. The molecule has 2 saturated heterocycles. The van der Waals surface area contributed by atoms with Crippen LogP contribution in [0.15, 0.2) is 24.3 Å². The van der Waals surface area contributed by atoms with Crippen LogP contribution in [0.5, 0.6) is 0 Å². The number of fused-ring (bicyclic) bond motifs is 1. The zero-order chi connectivity index (χ0) is 30.6. The number of aryl methyl sites for hydroxylation is 1. The average molecular weight is 586 g/mol. The minimum absolute atomic E-state index is 0.0801. The van der Waals surface area contributed by atoms with Crippen LogP contribution in [0.4, 0.5) is 4.79 Å². The van der Waals surface area contributed by atoms with Crippen molar-refractivity contribution < 1.29 is 29.0 Å². The highest BCUT2D eigenvalue weighted by Crippen LogP contribution is 2.39. The van der Waals surface area contributed by atoms with E-state index in [1.165, 1.54) is 4.90 Å². The molecule has 0 spiro atoms. The Hall–Kier alpha value is -3.18. The van der Waals surface area contributed by atoms with Crippen molar-refractivity contribution in [1.82, 2.24) is 24.3 Å².